The molecule has 3 N–H and O–H groups in total. The smallest absolute Gasteiger partial charge is 0.287 e. The van der Waals surface area contributed by atoms with Crippen LogP contribution in [0.3, 0.4) is 0 Å². The molecule has 2 amide bonds. The van der Waals surface area contributed by atoms with Gasteiger partial charge in [-0.2, -0.15) is 5.10 Å². The molecule has 7 nitrogen and oxygen atoms in total. The fraction of sp³-hybridized carbons (Fsp3) is 0.267. The topological polar surface area (TPSA) is 96.1 Å². The van der Waals surface area contributed by atoms with Gasteiger partial charge in [-0.05, 0) is 43.2 Å². The Bertz CT molecular complexity index is 689. The molecular formula is C15H16N4O3. The number of aromatic nitrogens is 2. The van der Waals surface area contributed by atoms with E-state index in [0.29, 0.717) is 5.69 Å². The van der Waals surface area contributed by atoms with Gasteiger partial charge in [0.15, 0.2) is 0 Å². The minimum atomic E-state index is -0.429. The summed E-state index contributed by atoms with van der Waals surface area (Å²) < 4.78 is 5.09. The minimum absolute atomic E-state index is 0.0388. The Morgan fingerprint density at radius 1 is 1.23 bits per heavy atom. The number of aromatic amines is 1. The molecule has 0 bridgehead atoms. The van der Waals surface area contributed by atoms with Crippen molar-refractivity contribution in [3.63, 3.8) is 0 Å². The Morgan fingerprint density at radius 3 is 2.59 bits per heavy atom. The van der Waals surface area contributed by atoms with E-state index < -0.39 is 5.91 Å². The number of carbonyl (C=O) groups is 2. The van der Waals surface area contributed by atoms with Crippen LogP contribution >= 0.6 is 0 Å². The summed E-state index contributed by atoms with van der Waals surface area (Å²) in [5.74, 6) is 0.210. The molecule has 1 saturated carbocycles. The number of ether oxygens (including phenoxy) is 1. The fourth-order valence-corrected chi connectivity index (χ4v) is 1.98. The molecule has 0 saturated heterocycles. The van der Waals surface area contributed by atoms with Crippen molar-refractivity contribution in [2.24, 2.45) is 5.92 Å². The molecule has 1 aromatic heterocycles. The molecule has 0 aliphatic heterocycles. The summed E-state index contributed by atoms with van der Waals surface area (Å²) in [6, 6.07) is 8.97. The van der Waals surface area contributed by atoms with Gasteiger partial charge in [0.05, 0.1) is 12.8 Å². The van der Waals surface area contributed by atoms with Gasteiger partial charge in [-0.1, -0.05) is 0 Å². The lowest BCUT2D eigenvalue weighted by atomic mass is 10.1. The first-order valence-corrected chi connectivity index (χ1v) is 6.97. The molecule has 0 radical (unpaired) electrons. The second-order valence-corrected chi connectivity index (χ2v) is 5.11. The first kappa shape index (κ1) is 14.1. The minimum Gasteiger partial charge on any atom is -0.497 e. The summed E-state index contributed by atoms with van der Waals surface area (Å²) in [7, 11) is 1.60. The molecule has 1 fully saturated rings. The highest BCUT2D eigenvalue weighted by molar-refractivity contribution is 5.95. The molecule has 2 aromatic rings. The lowest BCUT2D eigenvalue weighted by Crippen LogP contribution is -2.42. The summed E-state index contributed by atoms with van der Waals surface area (Å²) in [4.78, 5) is 23.4. The normalized spacial score (nSPS) is 13.5. The Balaban J connectivity index is 1.64. The monoisotopic (exact) mass is 300 g/mol. The number of rotatable bonds is 4. The van der Waals surface area contributed by atoms with Gasteiger partial charge in [0, 0.05) is 11.5 Å². The van der Waals surface area contributed by atoms with Crippen molar-refractivity contribution in [3.05, 3.63) is 36.0 Å². The zero-order chi connectivity index (χ0) is 15.5. The number of hydrazine groups is 1. The lowest BCUT2D eigenvalue weighted by Gasteiger charge is -2.04. The molecule has 1 aliphatic carbocycles. The van der Waals surface area contributed by atoms with Crippen molar-refractivity contribution in [2.45, 2.75) is 12.8 Å². The Morgan fingerprint density at radius 2 is 1.95 bits per heavy atom. The largest absolute Gasteiger partial charge is 0.497 e. The first-order chi connectivity index (χ1) is 10.7. The van der Waals surface area contributed by atoms with Crippen LogP contribution in [0.5, 0.6) is 5.75 Å². The van der Waals surface area contributed by atoms with E-state index in [1.54, 1.807) is 13.2 Å². The van der Waals surface area contributed by atoms with Crippen LogP contribution in [0, 0.1) is 5.92 Å². The second-order valence-electron chi connectivity index (χ2n) is 5.11. The van der Waals surface area contributed by atoms with Crippen LogP contribution in [-0.4, -0.2) is 29.1 Å². The average Bonchev–Trinajstić information content (AvgIpc) is 3.29. The van der Waals surface area contributed by atoms with Crippen molar-refractivity contribution in [1.29, 1.82) is 0 Å². The third-order valence-corrected chi connectivity index (χ3v) is 3.46. The third-order valence-electron chi connectivity index (χ3n) is 3.46. The van der Waals surface area contributed by atoms with Gasteiger partial charge >= 0.3 is 0 Å². The van der Waals surface area contributed by atoms with E-state index in [1.807, 2.05) is 24.3 Å². The van der Waals surface area contributed by atoms with Gasteiger partial charge in [-0.15, -0.1) is 0 Å². The maximum Gasteiger partial charge on any atom is 0.287 e. The Labute approximate surface area is 127 Å². The molecule has 0 spiro atoms. The average molecular weight is 300 g/mol. The number of methoxy groups -OCH3 is 1. The van der Waals surface area contributed by atoms with Crippen LogP contribution in [0.25, 0.3) is 11.3 Å². The number of nitrogens with one attached hydrogen (secondary N) is 3. The van der Waals surface area contributed by atoms with Crippen molar-refractivity contribution in [1.82, 2.24) is 21.0 Å². The van der Waals surface area contributed by atoms with Gasteiger partial charge in [0.2, 0.25) is 5.91 Å². The number of hydrogen-bond acceptors (Lipinski definition) is 4. The molecule has 1 heterocycles. The number of benzene rings is 1. The summed E-state index contributed by atoms with van der Waals surface area (Å²) >= 11 is 0. The lowest BCUT2D eigenvalue weighted by molar-refractivity contribution is -0.123. The standard InChI is InChI=1S/C15H16N4O3/c1-22-11-6-4-9(5-7-11)12-8-13(17-16-12)15(21)19-18-14(20)10-2-3-10/h4-8,10H,2-3H2,1H3,(H,16,17)(H,18,20)(H,19,21). The first-order valence-electron chi connectivity index (χ1n) is 6.97. The van der Waals surface area contributed by atoms with Gasteiger partial charge in [0.1, 0.15) is 11.4 Å². The summed E-state index contributed by atoms with van der Waals surface area (Å²) in [5.41, 5.74) is 6.56. The van der Waals surface area contributed by atoms with Crippen LogP contribution in [0.15, 0.2) is 30.3 Å². The van der Waals surface area contributed by atoms with E-state index in [2.05, 4.69) is 21.0 Å². The van der Waals surface area contributed by atoms with Crippen LogP contribution < -0.4 is 15.6 Å². The molecule has 7 heteroatoms. The summed E-state index contributed by atoms with van der Waals surface area (Å²) in [6.45, 7) is 0. The molecule has 22 heavy (non-hydrogen) atoms. The predicted octanol–water partition coefficient (Wildman–Crippen LogP) is 1.26. The highest BCUT2D eigenvalue weighted by Crippen LogP contribution is 2.28. The summed E-state index contributed by atoms with van der Waals surface area (Å²) in [5, 5.41) is 6.75. The van der Waals surface area contributed by atoms with Crippen molar-refractivity contribution in [3.8, 4) is 17.0 Å². The molecule has 0 unspecified atom stereocenters. The number of H-pyrrole nitrogens is 1. The highest BCUT2D eigenvalue weighted by Gasteiger charge is 2.29. The van der Waals surface area contributed by atoms with Crippen LogP contribution in [0.2, 0.25) is 0 Å². The SMILES string of the molecule is COc1ccc(-c2cc(C(=O)NNC(=O)C3CC3)[nH]n2)cc1. The van der Waals surface area contributed by atoms with Crippen molar-refractivity contribution >= 4 is 11.8 Å². The van der Waals surface area contributed by atoms with E-state index in [4.69, 9.17) is 4.74 Å². The molecule has 1 aliphatic rings. The molecule has 0 atom stereocenters. The Kier molecular flexibility index (Phi) is 3.78. The number of hydrogen-bond donors (Lipinski definition) is 3. The Hall–Kier alpha value is -2.83. The second kappa shape index (κ2) is 5.88. The van der Waals surface area contributed by atoms with Crippen LogP contribution in [0.1, 0.15) is 23.3 Å². The van der Waals surface area contributed by atoms with Crippen molar-refractivity contribution < 1.29 is 14.3 Å². The van der Waals surface area contributed by atoms with E-state index in [0.717, 1.165) is 24.2 Å². The van der Waals surface area contributed by atoms with Gasteiger partial charge < -0.3 is 4.74 Å². The van der Waals surface area contributed by atoms with Gasteiger partial charge in [0.25, 0.3) is 5.91 Å². The third kappa shape index (κ3) is 3.08. The zero-order valence-electron chi connectivity index (χ0n) is 12.1. The predicted molar refractivity (Wildman–Crippen MR) is 78.9 cm³/mol. The van der Waals surface area contributed by atoms with E-state index in [9.17, 15) is 9.59 Å². The fourth-order valence-electron chi connectivity index (χ4n) is 1.98. The van der Waals surface area contributed by atoms with E-state index in [-0.39, 0.29) is 17.5 Å². The maximum atomic E-state index is 11.9. The molecular weight excluding hydrogens is 284 g/mol. The maximum absolute atomic E-state index is 11.9. The summed E-state index contributed by atoms with van der Waals surface area (Å²) in [6.07, 6.45) is 1.76. The van der Waals surface area contributed by atoms with E-state index >= 15 is 0 Å². The number of nitrogens with zero attached hydrogens (tertiary/aromatic N) is 1. The van der Waals surface area contributed by atoms with Crippen molar-refractivity contribution in [2.75, 3.05) is 7.11 Å². The zero-order valence-corrected chi connectivity index (χ0v) is 12.1. The van der Waals surface area contributed by atoms with Crippen LogP contribution in [0.4, 0.5) is 0 Å². The van der Waals surface area contributed by atoms with Gasteiger partial charge in [-0.3, -0.25) is 25.5 Å². The molecule has 114 valence electrons. The van der Waals surface area contributed by atoms with Crippen LogP contribution in [-0.2, 0) is 4.79 Å². The molecule has 3 rings (SSSR count). The number of carbonyl (C=O) groups excluding carboxylic acids is 2. The molecule has 1 aromatic carbocycles. The highest BCUT2D eigenvalue weighted by atomic mass is 16.5. The number of amides is 2. The van der Waals surface area contributed by atoms with Gasteiger partial charge in [-0.25, -0.2) is 0 Å². The quantitative estimate of drug-likeness (QED) is 0.741. The van der Waals surface area contributed by atoms with E-state index in [1.165, 1.54) is 0 Å².